The normalized spacial score (nSPS) is 18.4. The number of hydrogen-bond donors (Lipinski definition) is 2. The second kappa shape index (κ2) is 7.29. The van der Waals surface area contributed by atoms with Crippen molar-refractivity contribution in [2.24, 2.45) is 0 Å². The molecule has 130 valence electrons. The van der Waals surface area contributed by atoms with Crippen LogP contribution >= 0.6 is 0 Å². The zero-order chi connectivity index (χ0) is 17.9. The number of aromatic nitrogens is 1. The molecule has 0 spiro atoms. The van der Waals surface area contributed by atoms with Crippen molar-refractivity contribution in [1.29, 1.82) is 0 Å². The summed E-state index contributed by atoms with van der Waals surface area (Å²) in [7, 11) is 0. The summed E-state index contributed by atoms with van der Waals surface area (Å²) in [6.45, 7) is 0.963. The Morgan fingerprint density at radius 1 is 1.12 bits per heavy atom. The molecule has 26 heavy (non-hydrogen) atoms. The van der Waals surface area contributed by atoms with Crippen LogP contribution in [0.15, 0.2) is 54.6 Å². The summed E-state index contributed by atoms with van der Waals surface area (Å²) in [6.07, 6.45) is 8.22. The van der Waals surface area contributed by atoms with E-state index in [0.29, 0.717) is 0 Å². The molecule has 1 aliphatic rings. The van der Waals surface area contributed by atoms with E-state index in [9.17, 15) is 5.11 Å². The van der Waals surface area contributed by atoms with Crippen LogP contribution in [0.1, 0.15) is 36.5 Å². The molecule has 2 unspecified atom stereocenters. The van der Waals surface area contributed by atoms with Gasteiger partial charge in [-0.1, -0.05) is 42.7 Å². The Kier molecular flexibility index (Phi) is 4.71. The van der Waals surface area contributed by atoms with Crippen LogP contribution in [0.2, 0.25) is 0 Å². The topological polar surface area (TPSA) is 45.1 Å². The third-order valence-corrected chi connectivity index (χ3v) is 5.14. The van der Waals surface area contributed by atoms with Gasteiger partial charge in [0.05, 0.1) is 17.3 Å². The van der Waals surface area contributed by atoms with Crippen LogP contribution in [0.25, 0.3) is 22.2 Å². The van der Waals surface area contributed by atoms with Crippen molar-refractivity contribution in [1.82, 2.24) is 10.3 Å². The Labute approximate surface area is 154 Å². The fourth-order valence-corrected chi connectivity index (χ4v) is 3.70. The number of fused-ring (bicyclic) bond motifs is 1. The highest BCUT2D eigenvalue weighted by molar-refractivity contribution is 5.85. The van der Waals surface area contributed by atoms with E-state index in [0.717, 1.165) is 52.7 Å². The zero-order valence-corrected chi connectivity index (χ0v) is 14.7. The lowest BCUT2D eigenvalue weighted by molar-refractivity contribution is 0.115. The number of nitrogens with zero attached hydrogens (tertiary/aromatic N) is 1. The Morgan fingerprint density at radius 2 is 1.92 bits per heavy atom. The number of aliphatic hydroxyl groups is 1. The number of para-hydroxylation sites is 1. The van der Waals surface area contributed by atoms with Gasteiger partial charge in [0.25, 0.3) is 0 Å². The first-order valence-electron chi connectivity index (χ1n) is 9.14. The third-order valence-electron chi connectivity index (χ3n) is 5.14. The molecule has 0 aliphatic carbocycles. The molecule has 2 N–H and O–H groups in total. The summed E-state index contributed by atoms with van der Waals surface area (Å²) in [5, 5.41) is 15.6. The lowest BCUT2D eigenvalue weighted by atomic mass is 9.92. The Hall–Kier alpha value is -2.67. The number of piperidine rings is 1. The van der Waals surface area contributed by atoms with Crippen molar-refractivity contribution in [3.8, 4) is 23.6 Å². The average Bonchev–Trinajstić information content (AvgIpc) is 2.73. The molecule has 2 heterocycles. The number of nitrogens with one attached hydrogen (secondary N) is 1. The number of pyridine rings is 1. The van der Waals surface area contributed by atoms with Crippen molar-refractivity contribution < 1.29 is 5.11 Å². The maximum Gasteiger partial charge on any atom is 0.0950 e. The molecule has 3 aromatic rings. The lowest BCUT2D eigenvalue weighted by Crippen LogP contribution is -2.38. The minimum absolute atomic E-state index is 0.0891. The summed E-state index contributed by atoms with van der Waals surface area (Å²) >= 11 is 0. The van der Waals surface area contributed by atoms with Crippen molar-refractivity contribution >= 4 is 10.9 Å². The molecule has 1 fully saturated rings. The van der Waals surface area contributed by atoms with Crippen molar-refractivity contribution in [3.63, 3.8) is 0 Å². The van der Waals surface area contributed by atoms with Gasteiger partial charge in [-0.2, -0.15) is 0 Å². The summed E-state index contributed by atoms with van der Waals surface area (Å²) in [4.78, 5) is 4.81. The fraction of sp³-hybridized carbons (Fsp3) is 0.261. The van der Waals surface area contributed by atoms with Crippen LogP contribution in [-0.4, -0.2) is 22.7 Å². The van der Waals surface area contributed by atoms with Gasteiger partial charge in [0.15, 0.2) is 0 Å². The van der Waals surface area contributed by atoms with Crippen LogP contribution in [0.5, 0.6) is 0 Å². The number of aliphatic hydroxyl groups excluding tert-OH is 1. The highest BCUT2D eigenvalue weighted by atomic mass is 16.3. The monoisotopic (exact) mass is 342 g/mol. The standard InChI is InChI=1S/C23H22N2O/c1-2-16-10-12-17(13-11-16)22-15-19(18-7-3-4-8-20(18)25-22)23(26)21-9-5-6-14-24-21/h1,3-4,7-8,10-13,15,21,23-24,26H,5-6,9,14H2. The second-order valence-corrected chi connectivity index (χ2v) is 6.84. The summed E-state index contributed by atoms with van der Waals surface area (Å²) in [6, 6.07) is 17.9. The number of benzene rings is 2. The van der Waals surface area contributed by atoms with Gasteiger partial charge in [-0.25, -0.2) is 4.98 Å². The van der Waals surface area contributed by atoms with E-state index in [1.54, 1.807) is 0 Å². The Morgan fingerprint density at radius 3 is 2.65 bits per heavy atom. The molecule has 0 amide bonds. The third kappa shape index (κ3) is 3.22. The maximum absolute atomic E-state index is 11.1. The quantitative estimate of drug-likeness (QED) is 0.706. The van der Waals surface area contributed by atoms with Gasteiger partial charge in [0.2, 0.25) is 0 Å². The van der Waals surface area contributed by atoms with E-state index in [2.05, 4.69) is 11.2 Å². The minimum atomic E-state index is -0.549. The summed E-state index contributed by atoms with van der Waals surface area (Å²) in [5.41, 5.74) is 4.54. The highest BCUT2D eigenvalue weighted by Gasteiger charge is 2.25. The van der Waals surface area contributed by atoms with E-state index >= 15 is 0 Å². The second-order valence-electron chi connectivity index (χ2n) is 6.84. The number of rotatable bonds is 3. The SMILES string of the molecule is C#Cc1ccc(-c2cc(C(O)C3CCCCN3)c3ccccc3n2)cc1. The van der Waals surface area contributed by atoms with E-state index in [4.69, 9.17) is 11.4 Å². The lowest BCUT2D eigenvalue weighted by Gasteiger charge is -2.29. The molecule has 1 saturated heterocycles. The first-order valence-corrected chi connectivity index (χ1v) is 9.14. The smallest absolute Gasteiger partial charge is 0.0950 e. The maximum atomic E-state index is 11.1. The molecule has 3 nitrogen and oxygen atoms in total. The molecule has 1 aromatic heterocycles. The molecule has 4 rings (SSSR count). The molecule has 2 atom stereocenters. The molecule has 0 saturated carbocycles. The first kappa shape index (κ1) is 16.8. The van der Waals surface area contributed by atoms with Gasteiger partial charge in [-0.15, -0.1) is 6.42 Å². The zero-order valence-electron chi connectivity index (χ0n) is 14.7. The molecule has 2 aromatic carbocycles. The predicted octanol–water partition coefficient (Wildman–Crippen LogP) is 4.06. The molecule has 0 radical (unpaired) electrons. The van der Waals surface area contributed by atoms with Crippen LogP contribution in [0.3, 0.4) is 0 Å². The predicted molar refractivity (Wildman–Crippen MR) is 106 cm³/mol. The van der Waals surface area contributed by atoms with E-state index in [1.165, 1.54) is 6.42 Å². The van der Waals surface area contributed by atoms with Crippen LogP contribution in [-0.2, 0) is 0 Å². The molecule has 1 aliphatic heterocycles. The van der Waals surface area contributed by atoms with Gasteiger partial charge >= 0.3 is 0 Å². The molecular weight excluding hydrogens is 320 g/mol. The van der Waals surface area contributed by atoms with Crippen LogP contribution < -0.4 is 5.32 Å². The molecule has 3 heteroatoms. The molecular formula is C23H22N2O. The fourth-order valence-electron chi connectivity index (χ4n) is 3.70. The highest BCUT2D eigenvalue weighted by Crippen LogP contribution is 2.32. The van der Waals surface area contributed by atoms with Gasteiger partial charge in [-0.05, 0) is 49.2 Å². The average molecular weight is 342 g/mol. The number of terminal acetylenes is 1. The molecule has 0 bridgehead atoms. The Balaban J connectivity index is 1.81. The van der Waals surface area contributed by atoms with Gasteiger partial charge < -0.3 is 10.4 Å². The van der Waals surface area contributed by atoms with Crippen LogP contribution in [0.4, 0.5) is 0 Å². The van der Waals surface area contributed by atoms with Crippen molar-refractivity contribution in [3.05, 3.63) is 65.7 Å². The largest absolute Gasteiger partial charge is 0.387 e. The Bertz CT molecular complexity index is 950. The summed E-state index contributed by atoms with van der Waals surface area (Å²) in [5.74, 6) is 2.64. The van der Waals surface area contributed by atoms with Gasteiger partial charge in [0.1, 0.15) is 0 Å². The minimum Gasteiger partial charge on any atom is -0.387 e. The van der Waals surface area contributed by atoms with E-state index in [-0.39, 0.29) is 6.04 Å². The van der Waals surface area contributed by atoms with Crippen molar-refractivity contribution in [2.45, 2.75) is 31.4 Å². The van der Waals surface area contributed by atoms with E-state index in [1.807, 2.05) is 54.6 Å². The van der Waals surface area contributed by atoms with Crippen molar-refractivity contribution in [2.75, 3.05) is 6.54 Å². The first-order chi connectivity index (χ1) is 12.8. The van der Waals surface area contributed by atoms with Gasteiger partial charge in [-0.3, -0.25) is 0 Å². The number of hydrogen-bond acceptors (Lipinski definition) is 3. The van der Waals surface area contributed by atoms with E-state index < -0.39 is 6.10 Å². The summed E-state index contributed by atoms with van der Waals surface area (Å²) < 4.78 is 0. The van der Waals surface area contributed by atoms with Gasteiger partial charge in [0, 0.05) is 22.6 Å². The van der Waals surface area contributed by atoms with Crippen LogP contribution in [0, 0.1) is 12.3 Å².